The molecule has 0 aliphatic heterocycles. The number of halogens is 1. The first-order chi connectivity index (χ1) is 11.5. The molecule has 1 aromatic heterocycles. The van der Waals surface area contributed by atoms with Crippen molar-refractivity contribution < 1.29 is 18.7 Å². The lowest BCUT2D eigenvalue weighted by atomic mass is 10.0. The van der Waals surface area contributed by atoms with Crippen molar-refractivity contribution >= 4 is 33.9 Å². The first kappa shape index (κ1) is 18.0. The summed E-state index contributed by atoms with van der Waals surface area (Å²) < 4.78 is 11.0. The SMILES string of the molecule is COC(=O)CC(NC(=O)/C=C/c1ccc(C)o1)c1cccc(Br)c1. The molecule has 0 radical (unpaired) electrons. The van der Waals surface area contributed by atoms with Gasteiger partial charge in [0.25, 0.3) is 0 Å². The summed E-state index contributed by atoms with van der Waals surface area (Å²) in [6.07, 6.45) is 3.01. The van der Waals surface area contributed by atoms with Crippen LogP contribution >= 0.6 is 15.9 Å². The summed E-state index contributed by atoms with van der Waals surface area (Å²) in [7, 11) is 1.32. The fraction of sp³-hybridized carbons (Fsp3) is 0.222. The van der Waals surface area contributed by atoms with Gasteiger partial charge in [-0.2, -0.15) is 0 Å². The highest BCUT2D eigenvalue weighted by molar-refractivity contribution is 9.10. The molecule has 1 aromatic carbocycles. The van der Waals surface area contributed by atoms with Gasteiger partial charge < -0.3 is 14.5 Å². The molecule has 2 rings (SSSR count). The lowest BCUT2D eigenvalue weighted by Gasteiger charge is -2.17. The van der Waals surface area contributed by atoms with E-state index >= 15 is 0 Å². The Hall–Kier alpha value is -2.34. The topological polar surface area (TPSA) is 68.5 Å². The van der Waals surface area contributed by atoms with Crippen molar-refractivity contribution in [2.24, 2.45) is 0 Å². The third-order valence-electron chi connectivity index (χ3n) is 3.33. The highest BCUT2D eigenvalue weighted by Crippen LogP contribution is 2.21. The summed E-state index contributed by atoms with van der Waals surface area (Å²) in [5.74, 6) is 0.645. The summed E-state index contributed by atoms with van der Waals surface area (Å²) in [4.78, 5) is 23.8. The van der Waals surface area contributed by atoms with Crippen LogP contribution in [0.3, 0.4) is 0 Å². The molecular formula is C18H18BrNO4. The van der Waals surface area contributed by atoms with Crippen LogP contribution < -0.4 is 5.32 Å². The summed E-state index contributed by atoms with van der Waals surface area (Å²) >= 11 is 3.39. The van der Waals surface area contributed by atoms with E-state index in [4.69, 9.17) is 9.15 Å². The summed E-state index contributed by atoms with van der Waals surface area (Å²) in [6.45, 7) is 1.83. The minimum Gasteiger partial charge on any atom is -0.469 e. The number of hydrogen-bond acceptors (Lipinski definition) is 4. The molecule has 2 aromatic rings. The second kappa shape index (κ2) is 8.49. The molecule has 6 heteroatoms. The van der Waals surface area contributed by atoms with Crippen LogP contribution in [0.1, 0.15) is 29.5 Å². The van der Waals surface area contributed by atoms with Gasteiger partial charge in [-0.05, 0) is 42.8 Å². The van der Waals surface area contributed by atoms with Crippen molar-refractivity contribution in [3.63, 3.8) is 0 Å². The van der Waals surface area contributed by atoms with E-state index in [1.165, 1.54) is 13.2 Å². The van der Waals surface area contributed by atoms with Crippen molar-refractivity contribution in [2.75, 3.05) is 7.11 Å². The van der Waals surface area contributed by atoms with E-state index in [9.17, 15) is 9.59 Å². The van der Waals surface area contributed by atoms with Crippen molar-refractivity contribution in [2.45, 2.75) is 19.4 Å². The molecular weight excluding hydrogens is 374 g/mol. The number of hydrogen-bond donors (Lipinski definition) is 1. The minimum atomic E-state index is -0.481. The Morgan fingerprint density at radius 1 is 1.33 bits per heavy atom. The van der Waals surface area contributed by atoms with Crippen molar-refractivity contribution in [3.05, 3.63) is 64.0 Å². The lowest BCUT2D eigenvalue weighted by Crippen LogP contribution is -2.29. The Morgan fingerprint density at radius 3 is 2.75 bits per heavy atom. The molecule has 0 spiro atoms. The molecule has 126 valence electrons. The first-order valence-corrected chi connectivity index (χ1v) is 8.14. The van der Waals surface area contributed by atoms with Crippen molar-refractivity contribution in [1.29, 1.82) is 0 Å². The highest BCUT2D eigenvalue weighted by Gasteiger charge is 2.18. The minimum absolute atomic E-state index is 0.0480. The molecule has 1 N–H and O–H groups in total. The molecule has 0 bridgehead atoms. The van der Waals surface area contributed by atoms with Crippen LogP contribution in [0.15, 0.2) is 51.4 Å². The maximum absolute atomic E-state index is 12.2. The maximum atomic E-state index is 12.2. The Morgan fingerprint density at radius 2 is 2.12 bits per heavy atom. The summed E-state index contributed by atoms with van der Waals surface area (Å²) in [6, 6.07) is 10.5. The van der Waals surface area contributed by atoms with E-state index in [0.717, 1.165) is 15.8 Å². The van der Waals surface area contributed by atoms with Gasteiger partial charge in [0.2, 0.25) is 5.91 Å². The number of nitrogens with one attached hydrogen (secondary N) is 1. The van der Waals surface area contributed by atoms with Crippen LogP contribution in [0.4, 0.5) is 0 Å². The number of carbonyl (C=O) groups is 2. The average Bonchev–Trinajstić information content (AvgIpc) is 2.97. The molecule has 0 aliphatic carbocycles. The predicted molar refractivity (Wildman–Crippen MR) is 94.1 cm³/mol. The second-order valence-electron chi connectivity index (χ2n) is 5.18. The number of ether oxygens (including phenoxy) is 1. The average molecular weight is 392 g/mol. The first-order valence-electron chi connectivity index (χ1n) is 7.35. The predicted octanol–water partition coefficient (Wildman–Crippen LogP) is 3.78. The molecule has 24 heavy (non-hydrogen) atoms. The Bertz CT molecular complexity index is 751. The number of esters is 1. The molecule has 0 saturated carbocycles. The van der Waals surface area contributed by atoms with Crippen LogP contribution in [-0.2, 0) is 14.3 Å². The zero-order chi connectivity index (χ0) is 17.5. The van der Waals surface area contributed by atoms with Gasteiger partial charge in [-0.15, -0.1) is 0 Å². The van der Waals surface area contributed by atoms with Crippen molar-refractivity contribution in [3.8, 4) is 0 Å². The smallest absolute Gasteiger partial charge is 0.307 e. The third-order valence-corrected chi connectivity index (χ3v) is 3.82. The largest absolute Gasteiger partial charge is 0.469 e. The van der Waals surface area contributed by atoms with Gasteiger partial charge in [0.1, 0.15) is 11.5 Å². The van der Waals surface area contributed by atoms with E-state index in [1.54, 1.807) is 12.1 Å². The van der Waals surface area contributed by atoms with Gasteiger partial charge in [0, 0.05) is 10.5 Å². The number of carbonyl (C=O) groups excluding carboxylic acids is 2. The highest BCUT2D eigenvalue weighted by atomic mass is 79.9. The zero-order valence-corrected chi connectivity index (χ0v) is 15.0. The molecule has 1 atom stereocenters. The number of amides is 1. The third kappa shape index (κ3) is 5.38. The maximum Gasteiger partial charge on any atom is 0.307 e. The molecule has 0 aliphatic rings. The number of aryl methyl sites for hydroxylation is 1. The summed E-state index contributed by atoms with van der Waals surface area (Å²) in [5, 5.41) is 2.81. The number of benzene rings is 1. The van der Waals surface area contributed by atoms with Crippen LogP contribution in [-0.4, -0.2) is 19.0 Å². The fourth-order valence-corrected chi connectivity index (χ4v) is 2.56. The van der Waals surface area contributed by atoms with Crippen LogP contribution in [0, 0.1) is 6.92 Å². The second-order valence-corrected chi connectivity index (χ2v) is 6.09. The van der Waals surface area contributed by atoms with Crippen LogP contribution in [0.25, 0.3) is 6.08 Å². The van der Waals surface area contributed by atoms with Gasteiger partial charge in [0.05, 0.1) is 19.6 Å². The number of furan rings is 1. The molecule has 1 amide bonds. The standard InChI is InChI=1S/C18H18BrNO4/c1-12-6-7-15(24-12)8-9-17(21)20-16(11-18(22)23-2)13-4-3-5-14(19)10-13/h3-10,16H,11H2,1-2H3,(H,20,21)/b9-8+. The monoisotopic (exact) mass is 391 g/mol. The van der Waals surface area contributed by atoms with Gasteiger partial charge in [-0.25, -0.2) is 0 Å². The normalized spacial score (nSPS) is 12.1. The Labute approximate surface area is 148 Å². The molecule has 1 unspecified atom stereocenters. The Balaban J connectivity index is 2.10. The van der Waals surface area contributed by atoms with E-state index in [1.807, 2.05) is 37.3 Å². The number of methoxy groups -OCH3 is 1. The van der Waals surface area contributed by atoms with E-state index in [2.05, 4.69) is 21.2 Å². The zero-order valence-electron chi connectivity index (χ0n) is 13.4. The van der Waals surface area contributed by atoms with Crippen LogP contribution in [0.2, 0.25) is 0 Å². The molecule has 5 nitrogen and oxygen atoms in total. The van der Waals surface area contributed by atoms with Gasteiger partial charge in [-0.3, -0.25) is 9.59 Å². The van der Waals surface area contributed by atoms with E-state index < -0.39 is 12.0 Å². The summed E-state index contributed by atoms with van der Waals surface area (Å²) in [5.41, 5.74) is 0.811. The molecule has 0 saturated heterocycles. The quantitative estimate of drug-likeness (QED) is 0.600. The van der Waals surface area contributed by atoms with Gasteiger partial charge in [-0.1, -0.05) is 28.1 Å². The van der Waals surface area contributed by atoms with E-state index in [0.29, 0.717) is 5.76 Å². The molecule has 0 fully saturated rings. The van der Waals surface area contributed by atoms with Gasteiger partial charge >= 0.3 is 5.97 Å². The fourth-order valence-electron chi connectivity index (χ4n) is 2.15. The lowest BCUT2D eigenvalue weighted by molar-refractivity contribution is -0.141. The Kier molecular flexibility index (Phi) is 6.37. The van der Waals surface area contributed by atoms with Crippen molar-refractivity contribution in [1.82, 2.24) is 5.32 Å². The number of rotatable bonds is 6. The van der Waals surface area contributed by atoms with Gasteiger partial charge in [0.15, 0.2) is 0 Å². The molecule has 1 heterocycles. The van der Waals surface area contributed by atoms with Crippen LogP contribution in [0.5, 0.6) is 0 Å². The van der Waals surface area contributed by atoms with E-state index in [-0.39, 0.29) is 12.3 Å².